The summed E-state index contributed by atoms with van der Waals surface area (Å²) in [7, 11) is 2.04. The zero-order valence-electron chi connectivity index (χ0n) is 28.5. The molecule has 1 aliphatic carbocycles. The molecule has 0 unspecified atom stereocenters. The van der Waals surface area contributed by atoms with Crippen LogP contribution in [0, 0.1) is 0 Å². The highest BCUT2D eigenvalue weighted by atomic mass is 32.1. The van der Waals surface area contributed by atoms with Gasteiger partial charge in [0, 0.05) is 43.7 Å². The number of carbonyl (C=O) groups is 1. The van der Waals surface area contributed by atoms with Gasteiger partial charge in [0.1, 0.15) is 11.9 Å². The van der Waals surface area contributed by atoms with Crippen molar-refractivity contribution in [2.24, 2.45) is 0 Å². The Morgan fingerprint density at radius 2 is 1.79 bits per heavy atom. The number of nitrogens with one attached hydrogen (secondary N) is 2. The fourth-order valence-electron chi connectivity index (χ4n) is 7.02. The van der Waals surface area contributed by atoms with Crippen LogP contribution in [-0.2, 0) is 28.2 Å². The van der Waals surface area contributed by atoms with Crippen LogP contribution in [0.25, 0.3) is 22.0 Å². The summed E-state index contributed by atoms with van der Waals surface area (Å²) < 4.78 is 13.2. The lowest BCUT2D eigenvalue weighted by Crippen LogP contribution is -2.42. The fourth-order valence-corrected chi connectivity index (χ4v) is 8.73. The maximum atomic E-state index is 13.4. The van der Waals surface area contributed by atoms with Gasteiger partial charge in [0.05, 0.1) is 26.9 Å². The first kappa shape index (κ1) is 35.8. The maximum absolute atomic E-state index is 13.4. The monoisotopic (exact) mass is 744 g/mol. The Labute approximate surface area is 306 Å². The second kappa shape index (κ2) is 15.2. The van der Waals surface area contributed by atoms with Crippen molar-refractivity contribution in [3.8, 4) is 5.75 Å². The third kappa shape index (κ3) is 7.22. The number of hydrogen-bond donors (Lipinski definition) is 5. The van der Waals surface area contributed by atoms with E-state index in [-0.39, 0.29) is 35.5 Å². The summed E-state index contributed by atoms with van der Waals surface area (Å²) in [5.74, 6) is -1.14. The van der Waals surface area contributed by atoms with Crippen LogP contribution in [0.2, 0.25) is 0 Å². The van der Waals surface area contributed by atoms with Crippen LogP contribution in [0.15, 0.2) is 91.5 Å². The smallest absolute Gasteiger partial charge is 0.419 e. The number of thiophene rings is 2. The zero-order chi connectivity index (χ0) is 36.4. The summed E-state index contributed by atoms with van der Waals surface area (Å²) in [4.78, 5) is 43.9. The van der Waals surface area contributed by atoms with Crippen molar-refractivity contribution in [3.63, 3.8) is 0 Å². The molecule has 12 nitrogen and oxygen atoms in total. The van der Waals surface area contributed by atoms with E-state index < -0.39 is 23.4 Å². The van der Waals surface area contributed by atoms with Crippen LogP contribution in [0.5, 0.6) is 5.75 Å². The highest BCUT2D eigenvalue weighted by molar-refractivity contribution is 7.12. The quantitative estimate of drug-likeness (QED) is 0.104. The molecule has 52 heavy (non-hydrogen) atoms. The number of benzene rings is 2. The van der Waals surface area contributed by atoms with Crippen LogP contribution >= 0.6 is 22.7 Å². The lowest BCUT2D eigenvalue weighted by atomic mass is 9.91. The number of H-pyrrole nitrogens is 1. The summed E-state index contributed by atoms with van der Waals surface area (Å²) >= 11 is 2.65. The van der Waals surface area contributed by atoms with Crippen LogP contribution in [0.1, 0.15) is 52.7 Å². The first-order chi connectivity index (χ1) is 25.1. The number of carbonyl (C=O) groups excluding carboxylic acids is 1. The van der Waals surface area contributed by atoms with E-state index in [4.69, 9.17) is 9.15 Å². The number of oxazole rings is 1. The summed E-state index contributed by atoms with van der Waals surface area (Å²) in [6.07, 6.45) is 1.82. The average Bonchev–Trinajstić information content (AvgIpc) is 3.94. The predicted molar refractivity (Wildman–Crippen MR) is 200 cm³/mol. The van der Waals surface area contributed by atoms with E-state index in [2.05, 4.69) is 15.2 Å². The molecule has 1 aliphatic rings. The van der Waals surface area contributed by atoms with Gasteiger partial charge in [-0.25, -0.2) is 9.59 Å². The van der Waals surface area contributed by atoms with Crippen LogP contribution < -0.4 is 16.6 Å². The van der Waals surface area contributed by atoms with E-state index in [0.717, 1.165) is 18.4 Å². The number of hydrogen-bond acceptors (Lipinski definition) is 12. The van der Waals surface area contributed by atoms with E-state index >= 15 is 0 Å². The molecule has 2 aromatic carbocycles. The first-order valence-corrected chi connectivity index (χ1v) is 19.0. The van der Waals surface area contributed by atoms with Gasteiger partial charge in [0.2, 0.25) is 11.2 Å². The third-order valence-electron chi connectivity index (χ3n) is 9.93. The van der Waals surface area contributed by atoms with Crippen molar-refractivity contribution in [1.29, 1.82) is 0 Å². The second-order valence-electron chi connectivity index (χ2n) is 13.2. The number of aliphatic hydroxyl groups excluding tert-OH is 1. The van der Waals surface area contributed by atoms with Crippen LogP contribution in [0.3, 0.4) is 0 Å². The van der Waals surface area contributed by atoms with Gasteiger partial charge in [-0.15, -0.1) is 22.7 Å². The van der Waals surface area contributed by atoms with Gasteiger partial charge in [0.15, 0.2) is 5.58 Å². The predicted octanol–water partition coefficient (Wildman–Crippen LogP) is 4.81. The van der Waals surface area contributed by atoms with E-state index in [9.17, 15) is 29.7 Å². The fraction of sp³-hybridized carbons (Fsp3) is 0.342. The molecule has 4 aromatic heterocycles. The van der Waals surface area contributed by atoms with Gasteiger partial charge in [-0.2, -0.15) is 0 Å². The van der Waals surface area contributed by atoms with Gasteiger partial charge >= 0.3 is 11.7 Å². The summed E-state index contributed by atoms with van der Waals surface area (Å²) in [6.45, 7) is 1.70. The number of aromatic hydroxyl groups is 1. The number of nitrogens with zero attached hydrogens (tertiary/aromatic N) is 2. The largest absolute Gasteiger partial charge is 0.506 e. The van der Waals surface area contributed by atoms with Crippen molar-refractivity contribution in [3.05, 3.63) is 119 Å². The molecule has 0 radical (unpaired) electrons. The minimum absolute atomic E-state index is 0.0667. The van der Waals surface area contributed by atoms with E-state index in [0.29, 0.717) is 64.3 Å². The standard InChI is InChI=1S/C38H40N4O8S2/c1-41(24-7-9-25(10-8-24)49-36(46)38(48,32-4-2-18-51-32)33-5-3-19-52-33)16-17-42-28-13-6-23(20-31(28)50-37(42)47)21-39-22-30(44)26-11-14-29(43)35-27(26)12-15-34(45)40-35/h2-6,11-15,18-20,24-25,30,39,43-44,48H,7-10,16-17,21-22H2,1H3,(H,40,45)/t24?,25?,30-/m0/s1. The highest BCUT2D eigenvalue weighted by Crippen LogP contribution is 2.38. The molecule has 6 aromatic rings. The van der Waals surface area contributed by atoms with Crippen molar-refractivity contribution in [1.82, 2.24) is 19.8 Å². The molecule has 1 fully saturated rings. The van der Waals surface area contributed by atoms with Crippen molar-refractivity contribution < 1.29 is 29.3 Å². The van der Waals surface area contributed by atoms with Gasteiger partial charge in [-0.3, -0.25) is 9.36 Å². The molecule has 1 saturated carbocycles. The number of pyridine rings is 1. The molecule has 5 N–H and O–H groups in total. The van der Waals surface area contributed by atoms with Gasteiger partial charge in [-0.05, 0) is 91.0 Å². The van der Waals surface area contributed by atoms with Crippen LogP contribution in [-0.4, -0.2) is 68.0 Å². The third-order valence-corrected chi connectivity index (χ3v) is 11.9. The molecule has 7 rings (SSSR count). The zero-order valence-corrected chi connectivity index (χ0v) is 30.1. The minimum Gasteiger partial charge on any atom is -0.506 e. The number of phenolic OH excluding ortho intramolecular Hbond substituents is 1. The molecule has 0 saturated heterocycles. The number of fused-ring (bicyclic) bond motifs is 2. The summed E-state index contributed by atoms with van der Waals surface area (Å²) in [5, 5.41) is 40.0. The normalized spacial score (nSPS) is 17.2. The Bertz CT molecular complexity index is 2240. The topological polar surface area (TPSA) is 170 Å². The Morgan fingerprint density at radius 3 is 2.48 bits per heavy atom. The molecular weight excluding hydrogens is 705 g/mol. The van der Waals surface area contributed by atoms with Gasteiger partial charge < -0.3 is 39.7 Å². The molecule has 272 valence electrons. The lowest BCUT2D eigenvalue weighted by molar-refractivity contribution is -0.169. The lowest BCUT2D eigenvalue weighted by Gasteiger charge is -2.35. The van der Waals surface area contributed by atoms with Gasteiger partial charge in [-0.1, -0.05) is 24.3 Å². The number of rotatable bonds is 13. The van der Waals surface area contributed by atoms with E-state index in [1.807, 2.05) is 48.1 Å². The van der Waals surface area contributed by atoms with Crippen molar-refractivity contribution in [2.75, 3.05) is 20.1 Å². The average molecular weight is 745 g/mol. The Balaban J connectivity index is 0.908. The Kier molecular flexibility index (Phi) is 10.5. The molecule has 0 amide bonds. The highest BCUT2D eigenvalue weighted by Gasteiger charge is 2.45. The number of ether oxygens (including phenoxy) is 1. The molecule has 4 heterocycles. The number of likely N-dealkylation sites (N-methyl/N-ethyl adjacent to an activating group) is 1. The second-order valence-corrected chi connectivity index (χ2v) is 15.1. The Hall–Kier alpha value is -4.57. The molecule has 1 atom stereocenters. The first-order valence-electron chi connectivity index (χ1n) is 17.2. The van der Waals surface area contributed by atoms with Crippen LogP contribution in [0.4, 0.5) is 0 Å². The number of phenols is 1. The van der Waals surface area contributed by atoms with E-state index in [1.54, 1.807) is 28.8 Å². The molecular formula is C38H40N4O8S2. The summed E-state index contributed by atoms with van der Waals surface area (Å²) in [6, 6.07) is 19.0. The van der Waals surface area contributed by atoms with Gasteiger partial charge in [0.25, 0.3) is 0 Å². The number of aliphatic hydroxyl groups is 2. The number of aromatic nitrogens is 2. The van der Waals surface area contributed by atoms with Crippen molar-refractivity contribution >= 4 is 50.6 Å². The molecule has 0 bridgehead atoms. The SMILES string of the molecule is CN(CCn1c(=O)oc2cc(CNC[C@H](O)c3ccc(O)c4[nH]c(=O)ccc34)ccc21)C1CCC(OC(=O)C(O)(c2cccs2)c2cccs2)CC1. The molecule has 0 spiro atoms. The van der Waals surface area contributed by atoms with E-state index in [1.165, 1.54) is 34.8 Å². The number of aromatic amines is 1. The Morgan fingerprint density at radius 1 is 1.06 bits per heavy atom. The number of esters is 1. The molecule has 14 heteroatoms. The molecule has 0 aliphatic heterocycles. The van der Waals surface area contributed by atoms with Crippen molar-refractivity contribution in [2.45, 2.75) is 62.6 Å². The summed E-state index contributed by atoms with van der Waals surface area (Å²) in [5.41, 5.74) is 0.750. The minimum atomic E-state index is -1.81. The maximum Gasteiger partial charge on any atom is 0.419 e.